The minimum Gasteiger partial charge on any atom is -0.0654 e. The smallest absolute Gasteiger partial charge is 0.0249 e. The summed E-state index contributed by atoms with van der Waals surface area (Å²) >= 11 is 0. The summed E-state index contributed by atoms with van der Waals surface area (Å²) in [6.45, 7) is 6.88. The summed E-state index contributed by atoms with van der Waals surface area (Å²) in [5, 5.41) is 0. The largest absolute Gasteiger partial charge is 0.0654 e. The number of hydrogen-bond acceptors (Lipinski definition) is 0. The Morgan fingerprint density at radius 3 is 2.00 bits per heavy atom. The predicted molar refractivity (Wildman–Crippen MR) is 121 cm³/mol. The molecule has 0 aromatic heterocycles. The summed E-state index contributed by atoms with van der Waals surface area (Å²) in [6.07, 6.45) is 11.2. The molecule has 0 saturated heterocycles. The van der Waals surface area contributed by atoms with E-state index in [1.54, 1.807) is 0 Å². The average Bonchev–Trinajstić information content (AvgIpc) is 2.73. The van der Waals surface area contributed by atoms with E-state index in [1.165, 1.54) is 62.5 Å². The molecule has 0 heteroatoms. The molecule has 3 rings (SSSR count). The van der Waals surface area contributed by atoms with E-state index in [4.69, 9.17) is 0 Å². The number of benzene rings is 2. The first-order chi connectivity index (χ1) is 13.6. The molecule has 0 heterocycles. The van der Waals surface area contributed by atoms with Crippen molar-refractivity contribution in [2.45, 2.75) is 72.1 Å². The summed E-state index contributed by atoms with van der Waals surface area (Å²) < 4.78 is 0. The fourth-order valence-electron chi connectivity index (χ4n) is 4.58. The Hall–Kier alpha value is -2.00. The molecular weight excluding hydrogens is 336 g/mol. The molecule has 28 heavy (non-hydrogen) atoms. The van der Waals surface area contributed by atoms with Crippen LogP contribution in [0.25, 0.3) is 0 Å². The van der Waals surface area contributed by atoms with Crippen molar-refractivity contribution >= 4 is 0 Å². The van der Waals surface area contributed by atoms with Crippen molar-refractivity contribution in [2.75, 3.05) is 0 Å². The minimum absolute atomic E-state index is 0.789. The maximum Gasteiger partial charge on any atom is 0.0249 e. The number of rotatable bonds is 6. The van der Waals surface area contributed by atoms with Gasteiger partial charge in [-0.1, -0.05) is 87.6 Å². The second-order valence-corrected chi connectivity index (χ2v) is 8.92. The molecule has 1 fully saturated rings. The molecule has 1 saturated carbocycles. The van der Waals surface area contributed by atoms with E-state index in [2.05, 4.69) is 81.1 Å². The van der Waals surface area contributed by atoms with Gasteiger partial charge in [-0.2, -0.15) is 0 Å². The average molecular weight is 373 g/mol. The minimum atomic E-state index is 0.789. The lowest BCUT2D eigenvalue weighted by Gasteiger charge is -2.32. The van der Waals surface area contributed by atoms with Gasteiger partial charge in [0.15, 0.2) is 0 Å². The van der Waals surface area contributed by atoms with Crippen LogP contribution in [0.2, 0.25) is 0 Å². The van der Waals surface area contributed by atoms with Gasteiger partial charge in [0.05, 0.1) is 0 Å². The van der Waals surface area contributed by atoms with Gasteiger partial charge in [-0.25, -0.2) is 0 Å². The van der Waals surface area contributed by atoms with Crippen molar-refractivity contribution in [1.82, 2.24) is 0 Å². The van der Waals surface area contributed by atoms with Crippen molar-refractivity contribution < 1.29 is 0 Å². The summed E-state index contributed by atoms with van der Waals surface area (Å²) in [6, 6.07) is 17.4. The third kappa shape index (κ3) is 6.27. The molecule has 0 bridgehead atoms. The van der Waals surface area contributed by atoms with Crippen molar-refractivity contribution in [1.29, 1.82) is 0 Å². The Balaban J connectivity index is 1.50. The maximum atomic E-state index is 3.30. The Morgan fingerprint density at radius 1 is 0.857 bits per heavy atom. The predicted octanol–water partition coefficient (Wildman–Crippen LogP) is 7.57. The van der Waals surface area contributed by atoms with Crippen LogP contribution in [0.5, 0.6) is 0 Å². The Morgan fingerprint density at radius 2 is 1.43 bits per heavy atom. The highest BCUT2D eigenvalue weighted by molar-refractivity contribution is 5.44. The van der Waals surface area contributed by atoms with Crippen LogP contribution in [0, 0.1) is 36.5 Å². The van der Waals surface area contributed by atoms with Gasteiger partial charge in [0.1, 0.15) is 0 Å². The quantitative estimate of drug-likeness (QED) is 0.459. The molecule has 1 unspecified atom stereocenters. The van der Waals surface area contributed by atoms with Gasteiger partial charge in [-0.15, -0.1) is 0 Å². The van der Waals surface area contributed by atoms with Crippen LogP contribution in [-0.4, -0.2) is 0 Å². The van der Waals surface area contributed by atoms with E-state index in [-0.39, 0.29) is 0 Å². The fraction of sp³-hybridized carbons (Fsp3) is 0.500. The third-order valence-corrected chi connectivity index (χ3v) is 6.58. The zero-order chi connectivity index (χ0) is 19.8. The molecule has 148 valence electrons. The third-order valence-electron chi connectivity index (χ3n) is 6.58. The van der Waals surface area contributed by atoms with Gasteiger partial charge in [-0.3, -0.25) is 0 Å². The molecule has 0 radical (unpaired) electrons. The molecular formula is C28H36. The summed E-state index contributed by atoms with van der Waals surface area (Å²) in [7, 11) is 0. The molecule has 0 amide bonds. The lowest BCUT2D eigenvalue weighted by Crippen LogP contribution is -2.21. The van der Waals surface area contributed by atoms with Crippen molar-refractivity contribution in [2.24, 2.45) is 17.8 Å². The fourth-order valence-corrected chi connectivity index (χ4v) is 4.58. The number of aryl methyl sites for hydroxylation is 1. The van der Waals surface area contributed by atoms with E-state index in [1.807, 2.05) is 0 Å². The maximum absolute atomic E-state index is 3.30. The molecule has 1 aliphatic carbocycles. The molecule has 2 aromatic carbocycles. The van der Waals surface area contributed by atoms with Gasteiger partial charge in [0.2, 0.25) is 0 Å². The Kier molecular flexibility index (Phi) is 7.79. The molecule has 2 aromatic rings. The standard InChI is InChI=1S/C28H36/c1-4-5-6-24-17-19-28(20-18-24)23(3)21-27-15-13-26(14-16-27)12-11-25-9-7-22(2)8-10-25/h7-10,13-16,23-24,28H,4-6,17-21H2,1-3H3. The van der Waals surface area contributed by atoms with E-state index < -0.39 is 0 Å². The normalized spacial score (nSPS) is 20.2. The van der Waals surface area contributed by atoms with Gasteiger partial charge in [0, 0.05) is 11.1 Å². The van der Waals surface area contributed by atoms with Crippen molar-refractivity contribution in [3.05, 3.63) is 70.8 Å². The highest BCUT2D eigenvalue weighted by atomic mass is 14.3. The zero-order valence-corrected chi connectivity index (χ0v) is 18.0. The first-order valence-electron chi connectivity index (χ1n) is 11.3. The van der Waals surface area contributed by atoms with Crippen molar-refractivity contribution in [3.8, 4) is 11.8 Å². The molecule has 0 N–H and O–H groups in total. The van der Waals surface area contributed by atoms with Crippen LogP contribution in [0.1, 0.15) is 81.0 Å². The Bertz CT molecular complexity index is 762. The van der Waals surface area contributed by atoms with Crippen molar-refractivity contribution in [3.63, 3.8) is 0 Å². The zero-order valence-electron chi connectivity index (χ0n) is 18.0. The van der Waals surface area contributed by atoms with Crippen LogP contribution in [0.3, 0.4) is 0 Å². The highest BCUT2D eigenvalue weighted by Crippen LogP contribution is 2.36. The topological polar surface area (TPSA) is 0 Å². The van der Waals surface area contributed by atoms with Crippen LogP contribution in [-0.2, 0) is 6.42 Å². The van der Waals surface area contributed by atoms with E-state index >= 15 is 0 Å². The highest BCUT2D eigenvalue weighted by Gasteiger charge is 2.24. The molecule has 1 aliphatic rings. The van der Waals surface area contributed by atoms with Gasteiger partial charge in [-0.05, 0) is 73.8 Å². The SMILES string of the molecule is CCCCC1CCC(C(C)Cc2ccc(C#Cc3ccc(C)cc3)cc2)CC1. The number of unbranched alkanes of at least 4 members (excludes halogenated alkanes) is 1. The van der Waals surface area contributed by atoms with E-state index in [0.717, 1.165) is 28.9 Å². The first-order valence-corrected chi connectivity index (χ1v) is 11.3. The molecule has 0 nitrogen and oxygen atoms in total. The Labute approximate surface area is 172 Å². The summed E-state index contributed by atoms with van der Waals surface area (Å²) in [4.78, 5) is 0. The molecule has 1 atom stereocenters. The first kappa shape index (κ1) is 20.7. The van der Waals surface area contributed by atoms with Crippen LogP contribution in [0.15, 0.2) is 48.5 Å². The lowest BCUT2D eigenvalue weighted by atomic mass is 9.73. The summed E-state index contributed by atoms with van der Waals surface area (Å²) in [5.41, 5.74) is 4.92. The van der Waals surface area contributed by atoms with E-state index in [0.29, 0.717) is 0 Å². The summed E-state index contributed by atoms with van der Waals surface area (Å²) in [5.74, 6) is 9.28. The molecule has 0 aliphatic heterocycles. The van der Waals surface area contributed by atoms with Crippen LogP contribution in [0.4, 0.5) is 0 Å². The second-order valence-electron chi connectivity index (χ2n) is 8.92. The van der Waals surface area contributed by atoms with Crippen LogP contribution < -0.4 is 0 Å². The van der Waals surface area contributed by atoms with Gasteiger partial charge < -0.3 is 0 Å². The monoisotopic (exact) mass is 372 g/mol. The number of hydrogen-bond donors (Lipinski definition) is 0. The second kappa shape index (κ2) is 10.5. The van der Waals surface area contributed by atoms with Gasteiger partial charge in [0.25, 0.3) is 0 Å². The van der Waals surface area contributed by atoms with Crippen LogP contribution >= 0.6 is 0 Å². The van der Waals surface area contributed by atoms with Gasteiger partial charge >= 0.3 is 0 Å². The molecule has 0 spiro atoms. The van der Waals surface area contributed by atoms with E-state index in [9.17, 15) is 0 Å². The lowest BCUT2D eigenvalue weighted by molar-refractivity contribution is 0.205.